The van der Waals surface area contributed by atoms with Gasteiger partial charge in [-0.2, -0.15) is 0 Å². The summed E-state index contributed by atoms with van der Waals surface area (Å²) in [6.45, 7) is 4.31. The van der Waals surface area contributed by atoms with Gasteiger partial charge in [0.25, 0.3) is 0 Å². The smallest absolute Gasteiger partial charge is 0.128 e. The van der Waals surface area contributed by atoms with Gasteiger partial charge in [-0.1, -0.05) is 0 Å². The number of likely N-dealkylation sites (N-methyl/N-ethyl adjacent to an activating group) is 1. The zero-order valence-electron chi connectivity index (χ0n) is 10.8. The lowest BCUT2D eigenvalue weighted by atomic mass is 10.0. The third kappa shape index (κ3) is 3.48. The number of hydrogen-bond acceptors (Lipinski definition) is 4. The summed E-state index contributed by atoms with van der Waals surface area (Å²) in [5, 5.41) is 0. The Morgan fingerprint density at radius 1 is 1.59 bits per heavy atom. The Bertz CT molecular complexity index is 364. The molecule has 0 bridgehead atoms. The number of nitrogens with zero attached hydrogens (tertiary/aromatic N) is 3. The third-order valence-corrected chi connectivity index (χ3v) is 3.36. The first kappa shape index (κ1) is 12.5. The first-order valence-corrected chi connectivity index (χ1v) is 6.41. The second kappa shape index (κ2) is 5.56. The molecule has 4 nitrogen and oxygen atoms in total. The van der Waals surface area contributed by atoms with E-state index in [0.29, 0.717) is 5.92 Å². The van der Waals surface area contributed by atoms with E-state index in [9.17, 15) is 0 Å². The van der Waals surface area contributed by atoms with Crippen LogP contribution >= 0.6 is 0 Å². The van der Waals surface area contributed by atoms with Gasteiger partial charge in [0, 0.05) is 36.8 Å². The molecule has 94 valence electrons. The molecule has 1 aromatic heterocycles. The van der Waals surface area contributed by atoms with Gasteiger partial charge in [0.2, 0.25) is 0 Å². The standard InChI is InChI=1S/C13H22N4/c1-10(14)3-4-13-15-7-5-12(16-13)11-6-8-17(2)9-11/h5,7,10-11H,3-4,6,8-9,14H2,1-2H3. The predicted molar refractivity (Wildman–Crippen MR) is 68.9 cm³/mol. The zero-order chi connectivity index (χ0) is 12.3. The Kier molecular flexibility index (Phi) is 4.07. The number of rotatable bonds is 4. The van der Waals surface area contributed by atoms with Gasteiger partial charge in [-0.3, -0.25) is 0 Å². The van der Waals surface area contributed by atoms with Crippen LogP contribution in [0.25, 0.3) is 0 Å². The molecule has 2 rings (SSSR count). The number of aromatic nitrogens is 2. The molecule has 0 radical (unpaired) electrons. The van der Waals surface area contributed by atoms with Crippen molar-refractivity contribution in [2.45, 2.75) is 38.1 Å². The largest absolute Gasteiger partial charge is 0.328 e. The van der Waals surface area contributed by atoms with Crippen LogP contribution < -0.4 is 5.73 Å². The van der Waals surface area contributed by atoms with Crippen molar-refractivity contribution in [1.82, 2.24) is 14.9 Å². The number of hydrogen-bond donors (Lipinski definition) is 1. The van der Waals surface area contributed by atoms with E-state index in [1.807, 2.05) is 13.1 Å². The van der Waals surface area contributed by atoms with Crippen molar-refractivity contribution in [3.8, 4) is 0 Å². The fourth-order valence-corrected chi connectivity index (χ4v) is 2.30. The van der Waals surface area contributed by atoms with Crippen LogP contribution in [0.1, 0.15) is 37.2 Å². The van der Waals surface area contributed by atoms with E-state index in [1.54, 1.807) is 0 Å². The maximum atomic E-state index is 5.76. The summed E-state index contributed by atoms with van der Waals surface area (Å²) in [6, 6.07) is 2.28. The van der Waals surface area contributed by atoms with Crippen molar-refractivity contribution in [3.63, 3.8) is 0 Å². The molecule has 1 aromatic rings. The van der Waals surface area contributed by atoms with Gasteiger partial charge in [-0.05, 0) is 39.4 Å². The molecule has 0 saturated carbocycles. The summed E-state index contributed by atoms with van der Waals surface area (Å²) >= 11 is 0. The monoisotopic (exact) mass is 234 g/mol. The van der Waals surface area contributed by atoms with Crippen LogP contribution in [-0.4, -0.2) is 41.0 Å². The first-order valence-electron chi connectivity index (χ1n) is 6.41. The minimum Gasteiger partial charge on any atom is -0.328 e. The van der Waals surface area contributed by atoms with E-state index in [0.717, 1.165) is 25.2 Å². The number of aryl methyl sites for hydroxylation is 1. The van der Waals surface area contributed by atoms with Gasteiger partial charge >= 0.3 is 0 Å². The van der Waals surface area contributed by atoms with E-state index in [4.69, 9.17) is 5.73 Å². The fourth-order valence-electron chi connectivity index (χ4n) is 2.30. The van der Waals surface area contributed by atoms with Gasteiger partial charge < -0.3 is 10.6 Å². The predicted octanol–water partition coefficient (Wildman–Crippen LogP) is 1.18. The molecule has 1 fully saturated rings. The Hall–Kier alpha value is -1.00. The van der Waals surface area contributed by atoms with Crippen molar-refractivity contribution in [1.29, 1.82) is 0 Å². The third-order valence-electron chi connectivity index (χ3n) is 3.36. The average Bonchev–Trinajstić information content (AvgIpc) is 2.74. The van der Waals surface area contributed by atoms with Crippen LogP contribution in [0.5, 0.6) is 0 Å². The van der Waals surface area contributed by atoms with Crippen LogP contribution in [-0.2, 0) is 6.42 Å². The van der Waals surface area contributed by atoms with E-state index in [1.165, 1.54) is 18.7 Å². The summed E-state index contributed by atoms with van der Waals surface area (Å²) < 4.78 is 0. The molecule has 0 aliphatic carbocycles. The van der Waals surface area contributed by atoms with Crippen LogP contribution in [0.15, 0.2) is 12.3 Å². The maximum Gasteiger partial charge on any atom is 0.128 e. The molecule has 17 heavy (non-hydrogen) atoms. The second-order valence-corrected chi connectivity index (χ2v) is 5.16. The van der Waals surface area contributed by atoms with E-state index in [-0.39, 0.29) is 6.04 Å². The van der Waals surface area contributed by atoms with E-state index >= 15 is 0 Å². The van der Waals surface area contributed by atoms with E-state index < -0.39 is 0 Å². The Labute approximate surface area is 103 Å². The summed E-state index contributed by atoms with van der Waals surface area (Å²) in [6.07, 6.45) is 4.93. The van der Waals surface area contributed by atoms with Gasteiger partial charge in [-0.15, -0.1) is 0 Å². The van der Waals surface area contributed by atoms with Crippen LogP contribution in [0.2, 0.25) is 0 Å². The summed E-state index contributed by atoms with van der Waals surface area (Å²) in [7, 11) is 2.16. The summed E-state index contributed by atoms with van der Waals surface area (Å²) in [5.74, 6) is 1.52. The molecule has 2 N–H and O–H groups in total. The molecule has 1 saturated heterocycles. The quantitative estimate of drug-likeness (QED) is 0.850. The molecule has 2 heterocycles. The summed E-state index contributed by atoms with van der Waals surface area (Å²) in [4.78, 5) is 11.3. The molecule has 0 spiro atoms. The van der Waals surface area contributed by atoms with Crippen molar-refractivity contribution in [3.05, 3.63) is 23.8 Å². The lowest BCUT2D eigenvalue weighted by Crippen LogP contribution is -2.17. The highest BCUT2D eigenvalue weighted by Gasteiger charge is 2.22. The highest BCUT2D eigenvalue weighted by Crippen LogP contribution is 2.24. The SMILES string of the molecule is CC(N)CCc1nccc(C2CCN(C)C2)n1. The van der Waals surface area contributed by atoms with E-state index in [2.05, 4.69) is 28.0 Å². The fraction of sp³-hybridized carbons (Fsp3) is 0.692. The van der Waals surface area contributed by atoms with Crippen molar-refractivity contribution in [2.75, 3.05) is 20.1 Å². The number of likely N-dealkylation sites (tertiary alicyclic amines) is 1. The molecular weight excluding hydrogens is 212 g/mol. The highest BCUT2D eigenvalue weighted by atomic mass is 15.1. The van der Waals surface area contributed by atoms with Gasteiger partial charge in [0.05, 0.1) is 0 Å². The molecule has 0 aromatic carbocycles. The molecule has 0 amide bonds. The lowest BCUT2D eigenvalue weighted by Gasteiger charge is -2.11. The molecule has 2 unspecified atom stereocenters. The minimum absolute atomic E-state index is 0.222. The molecular formula is C13H22N4. The normalized spacial score (nSPS) is 22.9. The Balaban J connectivity index is 2.01. The summed E-state index contributed by atoms with van der Waals surface area (Å²) in [5.41, 5.74) is 6.95. The Morgan fingerprint density at radius 2 is 2.41 bits per heavy atom. The van der Waals surface area contributed by atoms with Crippen molar-refractivity contribution < 1.29 is 0 Å². The van der Waals surface area contributed by atoms with Gasteiger partial charge in [-0.25, -0.2) is 9.97 Å². The van der Waals surface area contributed by atoms with Crippen molar-refractivity contribution >= 4 is 0 Å². The molecule has 1 aliphatic rings. The number of nitrogens with two attached hydrogens (primary N) is 1. The maximum absolute atomic E-state index is 5.76. The van der Waals surface area contributed by atoms with Crippen molar-refractivity contribution in [2.24, 2.45) is 5.73 Å². The molecule has 1 aliphatic heterocycles. The second-order valence-electron chi connectivity index (χ2n) is 5.16. The van der Waals surface area contributed by atoms with Crippen LogP contribution in [0, 0.1) is 0 Å². The first-order chi connectivity index (χ1) is 8.15. The molecule has 4 heteroatoms. The minimum atomic E-state index is 0.222. The molecule has 2 atom stereocenters. The zero-order valence-corrected chi connectivity index (χ0v) is 10.8. The average molecular weight is 234 g/mol. The highest BCUT2D eigenvalue weighted by molar-refractivity contribution is 5.11. The topological polar surface area (TPSA) is 55.0 Å². The van der Waals surface area contributed by atoms with Crippen LogP contribution in [0.3, 0.4) is 0 Å². The van der Waals surface area contributed by atoms with Gasteiger partial charge in [0.15, 0.2) is 0 Å². The lowest BCUT2D eigenvalue weighted by molar-refractivity contribution is 0.410. The van der Waals surface area contributed by atoms with Crippen LogP contribution in [0.4, 0.5) is 0 Å². The van der Waals surface area contributed by atoms with Gasteiger partial charge in [0.1, 0.15) is 5.82 Å². The Morgan fingerprint density at radius 3 is 3.06 bits per heavy atom.